The van der Waals surface area contributed by atoms with Gasteiger partial charge in [0, 0.05) is 29.8 Å². The number of aromatic amines is 1. The Kier molecular flexibility index (Phi) is 5.77. The number of amides is 1. The quantitative estimate of drug-likeness (QED) is 0.823. The molecular formula is C20H21ClN2O4. The van der Waals surface area contributed by atoms with Crippen molar-refractivity contribution in [3.63, 3.8) is 0 Å². The summed E-state index contributed by atoms with van der Waals surface area (Å²) in [5, 5.41) is 3.40. The van der Waals surface area contributed by atoms with Crippen LogP contribution >= 0.6 is 11.6 Å². The number of H-pyrrole nitrogens is 1. The minimum atomic E-state index is -0.541. The normalized spacial score (nSPS) is 15.7. The van der Waals surface area contributed by atoms with Crippen molar-refractivity contribution in [2.24, 2.45) is 0 Å². The lowest BCUT2D eigenvalue weighted by Gasteiger charge is -2.24. The molecule has 0 saturated heterocycles. The summed E-state index contributed by atoms with van der Waals surface area (Å²) in [4.78, 5) is 39.7. The lowest BCUT2D eigenvalue weighted by molar-refractivity contribution is 0.0644. The van der Waals surface area contributed by atoms with E-state index in [2.05, 4.69) is 10.3 Å². The van der Waals surface area contributed by atoms with Gasteiger partial charge in [-0.15, -0.1) is 0 Å². The topological polar surface area (TPSA) is 88.3 Å². The van der Waals surface area contributed by atoms with Crippen LogP contribution in [0.3, 0.4) is 0 Å². The highest BCUT2D eigenvalue weighted by molar-refractivity contribution is 6.30. The first-order valence-corrected chi connectivity index (χ1v) is 9.17. The van der Waals surface area contributed by atoms with E-state index in [4.69, 9.17) is 16.3 Å². The molecule has 0 spiro atoms. The van der Waals surface area contributed by atoms with Gasteiger partial charge in [0.15, 0.2) is 5.78 Å². The zero-order chi connectivity index (χ0) is 19.6. The van der Waals surface area contributed by atoms with Crippen molar-refractivity contribution in [1.29, 1.82) is 0 Å². The van der Waals surface area contributed by atoms with Crippen LogP contribution in [0.15, 0.2) is 35.1 Å². The number of halogens is 1. The van der Waals surface area contributed by atoms with Gasteiger partial charge >= 0.3 is 0 Å². The van der Waals surface area contributed by atoms with Crippen molar-refractivity contribution in [2.75, 3.05) is 7.11 Å². The number of ether oxygens (including phenoxy) is 1. The third-order valence-electron chi connectivity index (χ3n) is 4.76. The van der Waals surface area contributed by atoms with Crippen LogP contribution in [-0.4, -0.2) is 29.8 Å². The van der Waals surface area contributed by atoms with Crippen LogP contribution in [0.25, 0.3) is 0 Å². The molecule has 2 unspecified atom stereocenters. The maximum absolute atomic E-state index is 12.7. The Balaban J connectivity index is 1.82. The molecular weight excluding hydrogens is 368 g/mol. The zero-order valence-electron chi connectivity index (χ0n) is 15.2. The van der Waals surface area contributed by atoms with Crippen molar-refractivity contribution < 1.29 is 14.3 Å². The van der Waals surface area contributed by atoms with Gasteiger partial charge in [-0.05, 0) is 43.5 Å². The third kappa shape index (κ3) is 4.12. The average Bonchev–Trinajstić information content (AvgIpc) is 2.63. The molecule has 0 aliphatic heterocycles. The summed E-state index contributed by atoms with van der Waals surface area (Å²) in [5.74, 6) is -0.591. The van der Waals surface area contributed by atoms with E-state index < -0.39 is 23.6 Å². The Morgan fingerprint density at radius 2 is 1.93 bits per heavy atom. The van der Waals surface area contributed by atoms with E-state index in [1.165, 1.54) is 6.07 Å². The van der Waals surface area contributed by atoms with Gasteiger partial charge in [0.25, 0.3) is 11.5 Å². The Morgan fingerprint density at radius 1 is 1.22 bits per heavy atom. The van der Waals surface area contributed by atoms with Crippen molar-refractivity contribution >= 4 is 23.3 Å². The van der Waals surface area contributed by atoms with E-state index in [0.717, 1.165) is 5.56 Å². The standard InChI is InChI=1S/C20H21ClN2O4/c1-11(18(27-2)12-6-8-13(21)9-7-12)22-19(25)15-10-14-16(23-20(15)26)4-3-5-17(14)24/h6-11,18H,3-5H2,1-2H3,(H,22,25)(H,23,26). The van der Waals surface area contributed by atoms with E-state index in [1.807, 2.05) is 12.1 Å². The Hall–Kier alpha value is -2.44. The number of fused-ring (bicyclic) bond motifs is 1. The van der Waals surface area contributed by atoms with Crippen LogP contribution in [0.5, 0.6) is 0 Å². The van der Waals surface area contributed by atoms with Crippen molar-refractivity contribution in [3.05, 3.63) is 68.1 Å². The molecule has 1 aliphatic rings. The summed E-state index contributed by atoms with van der Waals surface area (Å²) < 4.78 is 5.51. The van der Waals surface area contributed by atoms with Crippen LogP contribution in [0.1, 0.15) is 57.8 Å². The van der Waals surface area contributed by atoms with Crippen molar-refractivity contribution in [2.45, 2.75) is 38.3 Å². The number of hydrogen-bond donors (Lipinski definition) is 2. The van der Waals surface area contributed by atoms with Gasteiger partial charge in [0.2, 0.25) is 0 Å². The fraction of sp³-hybridized carbons (Fsp3) is 0.350. The monoisotopic (exact) mass is 388 g/mol. The van der Waals surface area contributed by atoms with E-state index in [0.29, 0.717) is 35.5 Å². The first-order valence-electron chi connectivity index (χ1n) is 8.79. The van der Waals surface area contributed by atoms with E-state index in [1.54, 1.807) is 26.2 Å². The first kappa shape index (κ1) is 19.3. The van der Waals surface area contributed by atoms with Crippen molar-refractivity contribution in [1.82, 2.24) is 10.3 Å². The van der Waals surface area contributed by atoms with E-state index in [-0.39, 0.29) is 11.3 Å². The second kappa shape index (κ2) is 8.06. The molecule has 2 aromatic rings. The molecule has 0 radical (unpaired) electrons. The summed E-state index contributed by atoms with van der Waals surface area (Å²) in [7, 11) is 1.55. The smallest absolute Gasteiger partial charge is 0.261 e. The number of Topliss-reactive ketones (excluding diaryl/α,β-unsaturated/α-hetero) is 1. The van der Waals surface area contributed by atoms with Gasteiger partial charge in [0.05, 0.1) is 6.04 Å². The number of carbonyl (C=O) groups excluding carboxylic acids is 2. The Bertz CT molecular complexity index is 921. The van der Waals surface area contributed by atoms with Gasteiger partial charge in [-0.1, -0.05) is 23.7 Å². The highest BCUT2D eigenvalue weighted by Gasteiger charge is 2.25. The molecule has 0 fully saturated rings. The number of aromatic nitrogens is 1. The predicted octanol–water partition coefficient (Wildman–Crippen LogP) is 3.05. The van der Waals surface area contributed by atoms with Crippen molar-refractivity contribution in [3.8, 4) is 0 Å². The van der Waals surface area contributed by atoms with E-state index >= 15 is 0 Å². The molecule has 2 N–H and O–H groups in total. The number of aryl methyl sites for hydroxylation is 1. The summed E-state index contributed by atoms with van der Waals surface area (Å²) in [6.45, 7) is 1.79. The maximum atomic E-state index is 12.7. The minimum Gasteiger partial charge on any atom is -0.375 e. The number of ketones is 1. The molecule has 1 amide bonds. The van der Waals surface area contributed by atoms with Gasteiger partial charge in [-0.3, -0.25) is 14.4 Å². The number of nitrogens with one attached hydrogen (secondary N) is 2. The van der Waals surface area contributed by atoms with Gasteiger partial charge in [0.1, 0.15) is 11.7 Å². The number of rotatable bonds is 5. The summed E-state index contributed by atoms with van der Waals surface area (Å²) >= 11 is 5.91. The summed E-state index contributed by atoms with van der Waals surface area (Å²) in [5.41, 5.74) is 1.33. The van der Waals surface area contributed by atoms with Crippen LogP contribution in [0.4, 0.5) is 0 Å². The highest BCUT2D eigenvalue weighted by Crippen LogP contribution is 2.23. The summed E-state index contributed by atoms with van der Waals surface area (Å²) in [6, 6.07) is 8.14. The molecule has 142 valence electrons. The molecule has 1 aromatic heterocycles. The molecule has 7 heteroatoms. The number of benzene rings is 1. The van der Waals surface area contributed by atoms with Crippen LogP contribution < -0.4 is 10.9 Å². The lowest BCUT2D eigenvalue weighted by Crippen LogP contribution is -2.40. The fourth-order valence-electron chi connectivity index (χ4n) is 3.39. The summed E-state index contributed by atoms with van der Waals surface area (Å²) in [6.07, 6.45) is 1.36. The maximum Gasteiger partial charge on any atom is 0.261 e. The van der Waals surface area contributed by atoms with Crippen LogP contribution in [-0.2, 0) is 11.2 Å². The van der Waals surface area contributed by atoms with Crippen LogP contribution in [0, 0.1) is 0 Å². The second-order valence-corrected chi connectivity index (χ2v) is 7.09. The molecule has 0 saturated carbocycles. The Labute approximate surface area is 161 Å². The number of hydrogen-bond acceptors (Lipinski definition) is 4. The zero-order valence-corrected chi connectivity index (χ0v) is 15.9. The molecule has 27 heavy (non-hydrogen) atoms. The number of carbonyl (C=O) groups is 2. The number of pyridine rings is 1. The minimum absolute atomic E-state index is 0.0504. The van der Waals surface area contributed by atoms with Gasteiger partial charge in [-0.2, -0.15) is 0 Å². The fourth-order valence-corrected chi connectivity index (χ4v) is 3.51. The lowest BCUT2D eigenvalue weighted by atomic mass is 9.93. The number of methoxy groups -OCH3 is 1. The molecule has 2 atom stereocenters. The molecule has 1 aromatic carbocycles. The van der Waals surface area contributed by atoms with Crippen LogP contribution in [0.2, 0.25) is 5.02 Å². The third-order valence-corrected chi connectivity index (χ3v) is 5.02. The average molecular weight is 389 g/mol. The second-order valence-electron chi connectivity index (χ2n) is 6.65. The molecule has 0 bridgehead atoms. The SMILES string of the molecule is COC(c1ccc(Cl)cc1)C(C)NC(=O)c1cc2c([nH]c1=O)CCCC2=O. The molecule has 6 nitrogen and oxygen atoms in total. The Morgan fingerprint density at radius 3 is 2.59 bits per heavy atom. The van der Waals surface area contributed by atoms with E-state index in [9.17, 15) is 14.4 Å². The molecule has 3 rings (SSSR count). The van der Waals surface area contributed by atoms with Gasteiger partial charge < -0.3 is 15.0 Å². The first-order chi connectivity index (χ1) is 12.9. The largest absolute Gasteiger partial charge is 0.375 e. The highest BCUT2D eigenvalue weighted by atomic mass is 35.5. The molecule has 1 heterocycles. The van der Waals surface area contributed by atoms with Gasteiger partial charge in [-0.25, -0.2) is 0 Å². The predicted molar refractivity (Wildman–Crippen MR) is 102 cm³/mol. The molecule has 1 aliphatic carbocycles.